The van der Waals surface area contributed by atoms with Gasteiger partial charge in [-0.1, -0.05) is 31.0 Å². The molecule has 1 fully saturated rings. The van der Waals surface area contributed by atoms with Crippen LogP contribution >= 0.6 is 0 Å². The Hall–Kier alpha value is -1.31. The number of hydrogen-bond acceptors (Lipinski definition) is 2. The molecule has 78 valence electrons. The van der Waals surface area contributed by atoms with Crippen molar-refractivity contribution in [3.8, 4) is 0 Å². The predicted octanol–water partition coefficient (Wildman–Crippen LogP) is 2.96. The standard InChI is InChI=1S/C13H16N2/c14-13-11-7-2-1-5-9(11)10-6-3-4-8-12(10)15-13/h3-4,6,8-9,11H,1-2,5,7H2,(H2,14,15)/t9-,11-/m1/s1. The SMILES string of the molecule is NC1=Nc2ccccc2[C@H]2CCCC[C@@H]12. The van der Waals surface area contributed by atoms with E-state index in [2.05, 4.69) is 23.2 Å². The molecule has 0 saturated heterocycles. The summed E-state index contributed by atoms with van der Waals surface area (Å²) in [5, 5.41) is 0. The molecule has 0 radical (unpaired) electrons. The fourth-order valence-electron chi connectivity index (χ4n) is 2.98. The molecule has 1 heterocycles. The Morgan fingerprint density at radius 2 is 1.80 bits per heavy atom. The Morgan fingerprint density at radius 1 is 1.07 bits per heavy atom. The van der Waals surface area contributed by atoms with Crippen LogP contribution in [-0.4, -0.2) is 5.84 Å². The molecule has 15 heavy (non-hydrogen) atoms. The van der Waals surface area contributed by atoms with E-state index in [-0.39, 0.29) is 0 Å². The molecule has 2 aliphatic rings. The Kier molecular flexibility index (Phi) is 2.01. The van der Waals surface area contributed by atoms with Gasteiger partial charge in [-0.2, -0.15) is 0 Å². The van der Waals surface area contributed by atoms with Crippen molar-refractivity contribution in [1.82, 2.24) is 0 Å². The van der Waals surface area contributed by atoms with Crippen molar-refractivity contribution in [3.05, 3.63) is 29.8 Å². The number of hydrogen-bond donors (Lipinski definition) is 1. The minimum Gasteiger partial charge on any atom is -0.387 e. The quantitative estimate of drug-likeness (QED) is 0.687. The molecule has 0 spiro atoms. The third kappa shape index (κ3) is 1.36. The lowest BCUT2D eigenvalue weighted by molar-refractivity contribution is 0.376. The first-order valence-corrected chi connectivity index (χ1v) is 5.79. The Bertz CT molecular complexity index is 409. The van der Waals surface area contributed by atoms with Crippen LogP contribution in [0.2, 0.25) is 0 Å². The minimum absolute atomic E-state index is 0.508. The topological polar surface area (TPSA) is 38.4 Å². The van der Waals surface area contributed by atoms with E-state index in [1.807, 2.05) is 6.07 Å². The second-order valence-corrected chi connectivity index (χ2v) is 4.59. The lowest BCUT2D eigenvalue weighted by Gasteiger charge is -2.35. The summed E-state index contributed by atoms with van der Waals surface area (Å²) >= 11 is 0. The highest BCUT2D eigenvalue weighted by Crippen LogP contribution is 2.44. The average molecular weight is 200 g/mol. The van der Waals surface area contributed by atoms with E-state index in [1.165, 1.54) is 31.2 Å². The van der Waals surface area contributed by atoms with Crippen LogP contribution in [0.15, 0.2) is 29.3 Å². The van der Waals surface area contributed by atoms with E-state index in [1.54, 1.807) is 0 Å². The van der Waals surface area contributed by atoms with Crippen molar-refractivity contribution in [3.63, 3.8) is 0 Å². The van der Waals surface area contributed by atoms with Gasteiger partial charge in [0.2, 0.25) is 0 Å². The lowest BCUT2D eigenvalue weighted by atomic mass is 9.73. The zero-order valence-electron chi connectivity index (χ0n) is 8.82. The molecule has 0 amide bonds. The smallest absolute Gasteiger partial charge is 0.103 e. The summed E-state index contributed by atoms with van der Waals surface area (Å²) in [5.74, 6) is 2.00. The monoisotopic (exact) mass is 200 g/mol. The number of fused-ring (bicyclic) bond motifs is 3. The number of aliphatic imine (C=N–C) groups is 1. The summed E-state index contributed by atoms with van der Waals surface area (Å²) < 4.78 is 0. The Labute approximate surface area is 90.2 Å². The van der Waals surface area contributed by atoms with Crippen LogP contribution in [0.1, 0.15) is 37.2 Å². The highest BCUT2D eigenvalue weighted by Gasteiger charge is 2.33. The van der Waals surface area contributed by atoms with Gasteiger partial charge < -0.3 is 5.73 Å². The largest absolute Gasteiger partial charge is 0.387 e. The summed E-state index contributed by atoms with van der Waals surface area (Å²) in [6.45, 7) is 0. The minimum atomic E-state index is 0.508. The molecule has 1 saturated carbocycles. The summed E-state index contributed by atoms with van der Waals surface area (Å²) in [6.07, 6.45) is 5.13. The molecule has 0 aromatic heterocycles. The molecular formula is C13H16N2. The molecule has 2 heteroatoms. The first-order chi connectivity index (χ1) is 7.36. The maximum absolute atomic E-state index is 6.05. The molecule has 2 nitrogen and oxygen atoms in total. The van der Waals surface area contributed by atoms with Gasteiger partial charge in [-0.05, 0) is 30.4 Å². The zero-order valence-corrected chi connectivity index (χ0v) is 8.82. The number of para-hydroxylation sites is 1. The Morgan fingerprint density at radius 3 is 2.67 bits per heavy atom. The summed E-state index contributed by atoms with van der Waals surface area (Å²) in [5.41, 5.74) is 8.56. The van der Waals surface area contributed by atoms with Gasteiger partial charge in [0.1, 0.15) is 5.84 Å². The molecule has 3 rings (SSSR count). The highest BCUT2D eigenvalue weighted by atomic mass is 14.9. The Balaban J connectivity index is 2.10. The molecule has 1 aliphatic heterocycles. The van der Waals surface area contributed by atoms with Crippen molar-refractivity contribution >= 4 is 11.5 Å². The van der Waals surface area contributed by atoms with Gasteiger partial charge in [0.15, 0.2) is 0 Å². The lowest BCUT2D eigenvalue weighted by Crippen LogP contribution is -2.33. The van der Waals surface area contributed by atoms with Crippen molar-refractivity contribution in [1.29, 1.82) is 0 Å². The highest BCUT2D eigenvalue weighted by molar-refractivity contribution is 5.89. The second kappa shape index (κ2) is 3.37. The maximum atomic E-state index is 6.05. The molecule has 1 aromatic rings. The van der Waals surface area contributed by atoms with Gasteiger partial charge in [-0.15, -0.1) is 0 Å². The first-order valence-electron chi connectivity index (χ1n) is 5.79. The molecular weight excluding hydrogens is 184 g/mol. The second-order valence-electron chi connectivity index (χ2n) is 4.59. The van der Waals surface area contributed by atoms with Crippen LogP contribution in [-0.2, 0) is 0 Å². The maximum Gasteiger partial charge on any atom is 0.103 e. The van der Waals surface area contributed by atoms with Gasteiger partial charge >= 0.3 is 0 Å². The predicted molar refractivity (Wildman–Crippen MR) is 62.4 cm³/mol. The number of nitrogens with zero attached hydrogens (tertiary/aromatic N) is 1. The summed E-state index contributed by atoms with van der Waals surface area (Å²) in [6, 6.07) is 8.45. The van der Waals surface area contributed by atoms with Crippen LogP contribution in [0.3, 0.4) is 0 Å². The van der Waals surface area contributed by atoms with Crippen LogP contribution < -0.4 is 5.73 Å². The summed E-state index contributed by atoms with van der Waals surface area (Å²) in [7, 11) is 0. The van der Waals surface area contributed by atoms with Crippen molar-refractivity contribution < 1.29 is 0 Å². The first kappa shape index (κ1) is 8.96. The number of rotatable bonds is 0. The number of amidine groups is 1. The number of benzene rings is 1. The molecule has 0 unspecified atom stereocenters. The third-order valence-corrected chi connectivity index (χ3v) is 3.73. The van der Waals surface area contributed by atoms with Crippen LogP contribution in [0.25, 0.3) is 0 Å². The molecule has 2 atom stereocenters. The average Bonchev–Trinajstić information content (AvgIpc) is 2.30. The molecule has 1 aliphatic carbocycles. The molecule has 2 N–H and O–H groups in total. The third-order valence-electron chi connectivity index (χ3n) is 3.73. The zero-order chi connectivity index (χ0) is 10.3. The number of nitrogens with two attached hydrogens (primary N) is 1. The van der Waals surface area contributed by atoms with Crippen LogP contribution in [0, 0.1) is 5.92 Å². The van der Waals surface area contributed by atoms with Gasteiger partial charge in [-0.25, -0.2) is 4.99 Å². The van der Waals surface area contributed by atoms with E-state index in [4.69, 9.17) is 5.73 Å². The van der Waals surface area contributed by atoms with Gasteiger partial charge in [0, 0.05) is 5.92 Å². The van der Waals surface area contributed by atoms with E-state index >= 15 is 0 Å². The normalized spacial score (nSPS) is 28.9. The van der Waals surface area contributed by atoms with Crippen LogP contribution in [0.5, 0.6) is 0 Å². The van der Waals surface area contributed by atoms with Gasteiger partial charge in [0.05, 0.1) is 5.69 Å². The van der Waals surface area contributed by atoms with Crippen LogP contribution in [0.4, 0.5) is 5.69 Å². The van der Waals surface area contributed by atoms with E-state index in [0.717, 1.165) is 11.5 Å². The van der Waals surface area contributed by atoms with Crippen molar-refractivity contribution in [2.75, 3.05) is 0 Å². The summed E-state index contributed by atoms with van der Waals surface area (Å²) in [4.78, 5) is 4.52. The van der Waals surface area contributed by atoms with E-state index in [0.29, 0.717) is 11.8 Å². The fraction of sp³-hybridized carbons (Fsp3) is 0.462. The van der Waals surface area contributed by atoms with Crippen molar-refractivity contribution in [2.45, 2.75) is 31.6 Å². The molecule has 1 aromatic carbocycles. The molecule has 0 bridgehead atoms. The van der Waals surface area contributed by atoms with Crippen molar-refractivity contribution in [2.24, 2.45) is 16.6 Å². The van der Waals surface area contributed by atoms with E-state index in [9.17, 15) is 0 Å². The fourth-order valence-corrected chi connectivity index (χ4v) is 2.98. The van der Waals surface area contributed by atoms with Gasteiger partial charge in [0.25, 0.3) is 0 Å². The van der Waals surface area contributed by atoms with E-state index < -0.39 is 0 Å². The van der Waals surface area contributed by atoms with Gasteiger partial charge in [-0.3, -0.25) is 0 Å².